The minimum absolute atomic E-state index is 0.137. The van der Waals surface area contributed by atoms with Gasteiger partial charge in [0.2, 0.25) is 5.91 Å². The predicted octanol–water partition coefficient (Wildman–Crippen LogP) is 3.79. The number of hydrogen-bond donors (Lipinski definition) is 2. The van der Waals surface area contributed by atoms with Crippen molar-refractivity contribution in [1.82, 2.24) is 5.32 Å². The van der Waals surface area contributed by atoms with Crippen LogP contribution in [0.4, 0.5) is 8.78 Å². The van der Waals surface area contributed by atoms with Crippen LogP contribution in [0, 0.1) is 11.6 Å². The van der Waals surface area contributed by atoms with E-state index in [0.717, 1.165) is 17.7 Å². The molecule has 4 nitrogen and oxygen atoms in total. The molecule has 2 N–H and O–H groups in total. The summed E-state index contributed by atoms with van der Waals surface area (Å²) in [6, 6.07) is 11.8. The van der Waals surface area contributed by atoms with Crippen LogP contribution in [0.25, 0.3) is 0 Å². The second kappa shape index (κ2) is 8.37. The molecular weight excluding hydrogens is 328 g/mol. The molecule has 0 fully saturated rings. The Kier molecular flexibility index (Phi) is 6.22. The molecule has 0 spiro atoms. The summed E-state index contributed by atoms with van der Waals surface area (Å²) in [6.45, 7) is 1.41. The van der Waals surface area contributed by atoms with E-state index in [0.29, 0.717) is 0 Å². The van der Waals surface area contributed by atoms with Gasteiger partial charge in [-0.2, -0.15) is 0 Å². The van der Waals surface area contributed by atoms with Gasteiger partial charge in [0.25, 0.3) is 0 Å². The number of carboxylic acids is 1. The van der Waals surface area contributed by atoms with Crippen molar-refractivity contribution in [3.05, 3.63) is 71.3 Å². The molecule has 2 rings (SSSR count). The molecule has 2 aromatic rings. The number of rotatable bonds is 7. The molecule has 0 aromatic heterocycles. The fourth-order valence-electron chi connectivity index (χ4n) is 2.63. The molecule has 0 aliphatic rings. The number of benzene rings is 2. The van der Waals surface area contributed by atoms with Gasteiger partial charge >= 0.3 is 5.97 Å². The Morgan fingerprint density at radius 3 is 2.20 bits per heavy atom. The normalized spacial score (nSPS) is 13.1. The summed E-state index contributed by atoms with van der Waals surface area (Å²) in [4.78, 5) is 23.3. The molecule has 0 bridgehead atoms. The summed E-state index contributed by atoms with van der Waals surface area (Å²) >= 11 is 0. The molecule has 1 amide bonds. The Balaban J connectivity index is 2.19. The largest absolute Gasteiger partial charge is 0.481 e. The van der Waals surface area contributed by atoms with Crippen LogP contribution in [0.2, 0.25) is 0 Å². The van der Waals surface area contributed by atoms with Crippen LogP contribution in [0.5, 0.6) is 0 Å². The van der Waals surface area contributed by atoms with Crippen molar-refractivity contribution in [1.29, 1.82) is 0 Å². The Bertz CT molecular complexity index is 729. The van der Waals surface area contributed by atoms with E-state index in [-0.39, 0.29) is 18.4 Å². The van der Waals surface area contributed by atoms with Crippen LogP contribution in [-0.2, 0) is 9.59 Å². The van der Waals surface area contributed by atoms with Crippen LogP contribution in [-0.4, -0.2) is 17.0 Å². The average Bonchev–Trinajstić information content (AvgIpc) is 2.58. The van der Waals surface area contributed by atoms with Gasteiger partial charge in [-0.25, -0.2) is 8.78 Å². The average molecular weight is 347 g/mol. The van der Waals surface area contributed by atoms with Crippen LogP contribution in [0.3, 0.4) is 0 Å². The lowest BCUT2D eigenvalue weighted by atomic mass is 9.96. The molecule has 2 aromatic carbocycles. The molecule has 0 aliphatic heterocycles. The van der Waals surface area contributed by atoms with E-state index >= 15 is 0 Å². The second-order valence-corrected chi connectivity index (χ2v) is 5.76. The zero-order chi connectivity index (χ0) is 18.4. The molecule has 0 aliphatic carbocycles. The van der Waals surface area contributed by atoms with Gasteiger partial charge in [0.15, 0.2) is 0 Å². The van der Waals surface area contributed by atoms with E-state index in [9.17, 15) is 18.4 Å². The summed E-state index contributed by atoms with van der Waals surface area (Å²) < 4.78 is 27.8. The van der Waals surface area contributed by atoms with Crippen molar-refractivity contribution in [3.63, 3.8) is 0 Å². The number of halogens is 2. The van der Waals surface area contributed by atoms with Gasteiger partial charge in [-0.3, -0.25) is 9.59 Å². The number of hydrogen-bond acceptors (Lipinski definition) is 2. The highest BCUT2D eigenvalue weighted by Crippen LogP contribution is 2.25. The molecule has 6 heteroatoms. The lowest BCUT2D eigenvalue weighted by molar-refractivity contribution is -0.137. The highest BCUT2D eigenvalue weighted by Gasteiger charge is 2.25. The maximum absolute atomic E-state index is 13.9. The Hall–Kier alpha value is -2.76. The zero-order valence-electron chi connectivity index (χ0n) is 13.7. The number of carbonyl (C=O) groups excluding carboxylic acids is 1. The van der Waals surface area contributed by atoms with Crippen molar-refractivity contribution in [2.45, 2.75) is 31.7 Å². The molecular formula is C19H19F2NO3. The summed E-state index contributed by atoms with van der Waals surface area (Å²) in [5.74, 6) is -4.17. The van der Waals surface area contributed by atoms with Gasteiger partial charge < -0.3 is 10.4 Å². The number of aliphatic carboxylic acids is 1. The minimum Gasteiger partial charge on any atom is -0.481 e. The predicted molar refractivity (Wildman–Crippen MR) is 89.0 cm³/mol. The van der Waals surface area contributed by atoms with Crippen molar-refractivity contribution in [2.24, 2.45) is 0 Å². The molecule has 0 saturated carbocycles. The van der Waals surface area contributed by atoms with Crippen LogP contribution in [0.1, 0.15) is 42.9 Å². The van der Waals surface area contributed by atoms with E-state index in [1.807, 2.05) is 0 Å². The lowest BCUT2D eigenvalue weighted by Crippen LogP contribution is -2.33. The smallest absolute Gasteiger partial charge is 0.303 e. The first kappa shape index (κ1) is 18.6. The lowest BCUT2D eigenvalue weighted by Gasteiger charge is -2.21. The first-order chi connectivity index (χ1) is 11.9. The number of amides is 1. The van der Waals surface area contributed by atoms with Crippen molar-refractivity contribution < 1.29 is 23.5 Å². The highest BCUT2D eigenvalue weighted by atomic mass is 19.1. The Labute approximate surface area is 144 Å². The first-order valence-corrected chi connectivity index (χ1v) is 7.91. The van der Waals surface area contributed by atoms with Crippen molar-refractivity contribution in [3.8, 4) is 0 Å². The van der Waals surface area contributed by atoms with Crippen molar-refractivity contribution in [2.75, 3.05) is 0 Å². The highest BCUT2D eigenvalue weighted by molar-refractivity contribution is 5.83. The number of carboxylic acid groups (broad SMARTS) is 1. The van der Waals surface area contributed by atoms with Gasteiger partial charge in [-0.15, -0.1) is 0 Å². The van der Waals surface area contributed by atoms with E-state index in [2.05, 4.69) is 5.32 Å². The van der Waals surface area contributed by atoms with Crippen LogP contribution in [0.15, 0.2) is 48.5 Å². The quantitative estimate of drug-likeness (QED) is 0.801. The second-order valence-electron chi connectivity index (χ2n) is 5.76. The van der Waals surface area contributed by atoms with Gasteiger partial charge in [0.05, 0.1) is 12.0 Å². The first-order valence-electron chi connectivity index (χ1n) is 7.91. The SMILES string of the molecule is CC(C(=O)NC(CCC(=O)O)c1ccccc1)c1c(F)cccc1F. The third kappa shape index (κ3) is 4.86. The summed E-state index contributed by atoms with van der Waals surface area (Å²) in [5, 5.41) is 11.6. The van der Waals surface area contributed by atoms with Gasteiger partial charge in [0.1, 0.15) is 11.6 Å². The fraction of sp³-hybridized carbons (Fsp3) is 0.263. The van der Waals surface area contributed by atoms with Crippen LogP contribution < -0.4 is 5.32 Å². The molecule has 132 valence electrons. The molecule has 0 heterocycles. The van der Waals surface area contributed by atoms with E-state index in [4.69, 9.17) is 5.11 Å². The fourth-order valence-corrected chi connectivity index (χ4v) is 2.63. The summed E-state index contributed by atoms with van der Waals surface area (Å²) in [5.41, 5.74) is 0.434. The number of carbonyl (C=O) groups is 2. The Morgan fingerprint density at radius 1 is 1.04 bits per heavy atom. The van der Waals surface area contributed by atoms with E-state index in [1.54, 1.807) is 30.3 Å². The third-order valence-corrected chi connectivity index (χ3v) is 3.99. The van der Waals surface area contributed by atoms with Crippen molar-refractivity contribution >= 4 is 11.9 Å². The minimum atomic E-state index is -1.04. The van der Waals surface area contributed by atoms with E-state index in [1.165, 1.54) is 13.0 Å². The van der Waals surface area contributed by atoms with E-state index < -0.39 is 35.5 Å². The molecule has 2 unspecified atom stereocenters. The summed E-state index contributed by atoms with van der Waals surface area (Å²) in [6.07, 6.45) is 0.0415. The maximum Gasteiger partial charge on any atom is 0.303 e. The standard InChI is InChI=1S/C19H19F2NO3/c1-12(18-14(20)8-5-9-15(18)21)19(25)22-16(10-11-17(23)24)13-6-3-2-4-7-13/h2-9,12,16H,10-11H2,1H3,(H,22,25)(H,23,24). The molecule has 25 heavy (non-hydrogen) atoms. The van der Waals surface area contributed by atoms with Gasteiger partial charge in [0, 0.05) is 12.0 Å². The molecule has 2 atom stereocenters. The molecule has 0 saturated heterocycles. The number of nitrogens with one attached hydrogen (secondary N) is 1. The van der Waals surface area contributed by atoms with Gasteiger partial charge in [-0.1, -0.05) is 36.4 Å². The topological polar surface area (TPSA) is 66.4 Å². The van der Waals surface area contributed by atoms with Crippen LogP contribution >= 0.6 is 0 Å². The zero-order valence-corrected chi connectivity index (χ0v) is 13.7. The van der Waals surface area contributed by atoms with Gasteiger partial charge in [-0.05, 0) is 31.0 Å². The molecule has 0 radical (unpaired) electrons. The third-order valence-electron chi connectivity index (χ3n) is 3.99. The monoisotopic (exact) mass is 347 g/mol. The summed E-state index contributed by atoms with van der Waals surface area (Å²) in [7, 11) is 0. The Morgan fingerprint density at radius 2 is 1.64 bits per heavy atom. The maximum atomic E-state index is 13.9.